The first-order chi connectivity index (χ1) is 8.15. The number of aryl methyl sites for hydroxylation is 1. The lowest BCUT2D eigenvalue weighted by atomic mass is 10.2. The van der Waals surface area contributed by atoms with Gasteiger partial charge in [-0.3, -0.25) is 0 Å². The fourth-order valence-electron chi connectivity index (χ4n) is 1.70. The second-order valence-electron chi connectivity index (χ2n) is 3.86. The highest BCUT2D eigenvalue weighted by Gasteiger charge is 2.03. The molecule has 0 amide bonds. The van der Waals surface area contributed by atoms with Crippen LogP contribution < -0.4 is 10.6 Å². The van der Waals surface area contributed by atoms with Gasteiger partial charge in [0.15, 0.2) is 0 Å². The minimum Gasteiger partial charge on any atom is -0.499 e. The second-order valence-corrected chi connectivity index (χ2v) is 3.86. The Morgan fingerprint density at radius 2 is 2.06 bits per heavy atom. The van der Waals surface area contributed by atoms with Crippen molar-refractivity contribution in [2.75, 3.05) is 14.2 Å². The van der Waals surface area contributed by atoms with Gasteiger partial charge in [0, 0.05) is 11.4 Å². The summed E-state index contributed by atoms with van der Waals surface area (Å²) in [6, 6.07) is 0. The summed E-state index contributed by atoms with van der Waals surface area (Å²) in [6.07, 6.45) is 7.03. The smallest absolute Gasteiger partial charge is 0.128 e. The molecule has 0 saturated heterocycles. The molecule has 3 nitrogen and oxygen atoms in total. The summed E-state index contributed by atoms with van der Waals surface area (Å²) in [5.74, 6) is 1.71. The zero-order chi connectivity index (χ0) is 12.8. The van der Waals surface area contributed by atoms with Gasteiger partial charge in [0.25, 0.3) is 0 Å². The van der Waals surface area contributed by atoms with Gasteiger partial charge in [0.1, 0.15) is 11.5 Å². The van der Waals surface area contributed by atoms with Gasteiger partial charge >= 0.3 is 0 Å². The van der Waals surface area contributed by atoms with Crippen molar-refractivity contribution >= 4 is 11.5 Å². The maximum absolute atomic E-state index is 5.45. The van der Waals surface area contributed by atoms with E-state index in [-0.39, 0.29) is 0 Å². The van der Waals surface area contributed by atoms with Crippen LogP contribution in [0.5, 0.6) is 0 Å². The Morgan fingerprint density at radius 3 is 2.59 bits per heavy atom. The zero-order valence-electron chi connectivity index (χ0n) is 11.3. The first-order valence-corrected chi connectivity index (χ1v) is 5.79. The maximum atomic E-state index is 5.45. The largest absolute Gasteiger partial charge is 0.499 e. The van der Waals surface area contributed by atoms with Gasteiger partial charge < -0.3 is 14.5 Å². The van der Waals surface area contributed by atoms with E-state index in [2.05, 4.69) is 24.9 Å². The SMILES string of the molecule is CC/C=C/C(OC)=c1/c(C)c[nH]/c1=C(/C)OC. The lowest BCUT2D eigenvalue weighted by Crippen LogP contribution is -2.29. The molecule has 0 atom stereocenters. The molecular formula is C14H21NO2. The van der Waals surface area contributed by atoms with Crippen LogP contribution in [0, 0.1) is 6.92 Å². The molecule has 1 aromatic heterocycles. The molecule has 0 aliphatic heterocycles. The van der Waals surface area contributed by atoms with Crippen molar-refractivity contribution in [3.05, 3.63) is 34.5 Å². The van der Waals surface area contributed by atoms with Gasteiger partial charge in [-0.1, -0.05) is 13.0 Å². The van der Waals surface area contributed by atoms with Crippen molar-refractivity contribution in [3.63, 3.8) is 0 Å². The minimum atomic E-state index is 0.854. The molecule has 1 aromatic rings. The van der Waals surface area contributed by atoms with Crippen LogP contribution in [-0.4, -0.2) is 19.2 Å². The Kier molecular flexibility index (Phi) is 4.88. The maximum Gasteiger partial charge on any atom is 0.128 e. The molecule has 1 N–H and O–H groups in total. The molecule has 17 heavy (non-hydrogen) atoms. The number of ether oxygens (including phenoxy) is 2. The number of methoxy groups -OCH3 is 2. The highest BCUT2D eigenvalue weighted by molar-refractivity contribution is 5.52. The highest BCUT2D eigenvalue weighted by atomic mass is 16.5. The van der Waals surface area contributed by atoms with Crippen LogP contribution in [0.25, 0.3) is 11.5 Å². The average molecular weight is 235 g/mol. The zero-order valence-corrected chi connectivity index (χ0v) is 11.3. The van der Waals surface area contributed by atoms with Gasteiger partial charge in [0.2, 0.25) is 0 Å². The number of rotatable bonds is 4. The third-order valence-electron chi connectivity index (χ3n) is 2.71. The monoisotopic (exact) mass is 235 g/mol. The summed E-state index contributed by atoms with van der Waals surface area (Å²) < 4.78 is 10.7. The van der Waals surface area contributed by atoms with E-state index >= 15 is 0 Å². The second kappa shape index (κ2) is 6.18. The predicted molar refractivity (Wildman–Crippen MR) is 70.7 cm³/mol. The summed E-state index contributed by atoms with van der Waals surface area (Å²) in [6.45, 7) is 6.09. The Morgan fingerprint density at radius 1 is 1.35 bits per heavy atom. The number of nitrogens with one attached hydrogen (secondary N) is 1. The molecule has 0 unspecified atom stereocenters. The van der Waals surface area contributed by atoms with Crippen LogP contribution in [0.2, 0.25) is 0 Å². The molecule has 0 radical (unpaired) electrons. The van der Waals surface area contributed by atoms with Crippen LogP contribution >= 0.6 is 0 Å². The van der Waals surface area contributed by atoms with Gasteiger partial charge in [-0.15, -0.1) is 0 Å². The van der Waals surface area contributed by atoms with E-state index in [4.69, 9.17) is 9.47 Å². The third kappa shape index (κ3) is 2.93. The van der Waals surface area contributed by atoms with E-state index in [1.807, 2.05) is 19.2 Å². The summed E-state index contributed by atoms with van der Waals surface area (Å²) in [5.41, 5.74) is 1.15. The number of hydrogen-bond donors (Lipinski definition) is 1. The molecule has 0 aliphatic carbocycles. The van der Waals surface area contributed by atoms with Crippen LogP contribution in [0.15, 0.2) is 18.3 Å². The molecule has 0 bridgehead atoms. The summed E-state index contributed by atoms with van der Waals surface area (Å²) in [4.78, 5) is 3.22. The van der Waals surface area contributed by atoms with Crippen LogP contribution in [0.1, 0.15) is 25.8 Å². The Bertz CT molecular complexity index is 509. The number of aromatic amines is 1. The highest BCUT2D eigenvalue weighted by Crippen LogP contribution is 1.99. The Labute approximate surface area is 102 Å². The minimum absolute atomic E-state index is 0.854. The van der Waals surface area contributed by atoms with E-state index in [1.54, 1.807) is 14.2 Å². The molecular weight excluding hydrogens is 214 g/mol. The van der Waals surface area contributed by atoms with Gasteiger partial charge in [-0.05, 0) is 31.9 Å². The number of H-pyrrole nitrogens is 1. The number of aromatic nitrogens is 1. The van der Waals surface area contributed by atoms with E-state index < -0.39 is 0 Å². The van der Waals surface area contributed by atoms with Crippen molar-refractivity contribution in [1.82, 2.24) is 4.98 Å². The van der Waals surface area contributed by atoms with E-state index in [1.165, 1.54) is 0 Å². The van der Waals surface area contributed by atoms with Gasteiger partial charge in [0.05, 0.1) is 19.6 Å². The summed E-state index contributed by atoms with van der Waals surface area (Å²) in [5, 5.41) is 2.04. The van der Waals surface area contributed by atoms with E-state index in [9.17, 15) is 0 Å². The van der Waals surface area contributed by atoms with Crippen LogP contribution in [-0.2, 0) is 9.47 Å². The fourth-order valence-corrected chi connectivity index (χ4v) is 1.70. The van der Waals surface area contributed by atoms with Crippen LogP contribution in [0.4, 0.5) is 0 Å². The summed E-state index contributed by atoms with van der Waals surface area (Å²) in [7, 11) is 3.36. The molecule has 1 rings (SSSR count). The number of allylic oxidation sites excluding steroid dienone is 1. The average Bonchev–Trinajstić information content (AvgIpc) is 2.72. The molecule has 1 heterocycles. The topological polar surface area (TPSA) is 34.2 Å². The molecule has 94 valence electrons. The predicted octanol–water partition coefficient (Wildman–Crippen LogP) is 1.82. The molecule has 0 fully saturated rings. The molecule has 0 aliphatic rings. The van der Waals surface area contributed by atoms with E-state index in [0.717, 1.165) is 34.1 Å². The molecule has 3 heteroatoms. The fraction of sp³-hybridized carbons (Fsp3) is 0.429. The van der Waals surface area contributed by atoms with Crippen molar-refractivity contribution in [2.45, 2.75) is 27.2 Å². The lowest BCUT2D eigenvalue weighted by Gasteiger charge is -2.01. The number of hydrogen-bond acceptors (Lipinski definition) is 2. The van der Waals surface area contributed by atoms with Crippen molar-refractivity contribution in [2.24, 2.45) is 0 Å². The summed E-state index contributed by atoms with van der Waals surface area (Å²) >= 11 is 0. The normalized spacial score (nSPS) is 14.9. The Hall–Kier alpha value is -1.64. The molecule has 0 saturated carbocycles. The first kappa shape index (κ1) is 13.4. The van der Waals surface area contributed by atoms with Crippen LogP contribution in [0.3, 0.4) is 0 Å². The van der Waals surface area contributed by atoms with Gasteiger partial charge in [-0.2, -0.15) is 0 Å². The standard InChI is InChI=1S/C14H21NO2/c1-6-7-8-12(17-5)13-10(2)9-15-14(13)11(3)16-4/h7-9,15H,6H2,1-5H3/b8-7+,13-12+,14-11-. The van der Waals surface area contributed by atoms with Crippen molar-refractivity contribution < 1.29 is 9.47 Å². The van der Waals surface area contributed by atoms with Crippen molar-refractivity contribution in [3.8, 4) is 0 Å². The molecule has 0 aromatic carbocycles. The van der Waals surface area contributed by atoms with E-state index in [0.29, 0.717) is 0 Å². The molecule has 0 spiro atoms. The van der Waals surface area contributed by atoms with Gasteiger partial charge in [-0.25, -0.2) is 0 Å². The Balaban J connectivity index is 3.62. The first-order valence-electron chi connectivity index (χ1n) is 5.79. The third-order valence-corrected chi connectivity index (χ3v) is 2.71. The quantitative estimate of drug-likeness (QED) is 0.863. The lowest BCUT2D eigenvalue weighted by molar-refractivity contribution is 0.357. The van der Waals surface area contributed by atoms with Crippen molar-refractivity contribution in [1.29, 1.82) is 0 Å².